The lowest BCUT2D eigenvalue weighted by Crippen LogP contribution is -1.86. The van der Waals surface area contributed by atoms with Crippen LogP contribution in [0.25, 0.3) is 10.9 Å². The van der Waals surface area contributed by atoms with Gasteiger partial charge in [-0.25, -0.2) is 4.39 Å². The number of nitrogens with zero attached hydrogens (tertiary/aromatic N) is 1. The molecular weight excluding hydrogens is 247 g/mol. The molecule has 0 unspecified atom stereocenters. The Kier molecular flexibility index (Phi) is 2.52. The predicted molar refractivity (Wildman–Crippen MR) is 56.7 cm³/mol. The van der Waals surface area contributed by atoms with Crippen molar-refractivity contribution in [3.8, 4) is 0 Å². The summed E-state index contributed by atoms with van der Waals surface area (Å²) in [6, 6.07) is 3.01. The van der Waals surface area contributed by atoms with Gasteiger partial charge in [-0.2, -0.15) is 0 Å². The van der Waals surface area contributed by atoms with Gasteiger partial charge in [0.05, 0.1) is 15.1 Å². The van der Waals surface area contributed by atoms with Crippen molar-refractivity contribution in [1.29, 1.82) is 0 Å². The number of benzene rings is 1. The van der Waals surface area contributed by atoms with E-state index in [1.54, 1.807) is 6.07 Å². The summed E-state index contributed by atoms with van der Waals surface area (Å²) in [6.45, 7) is 0. The number of rotatable bonds is 0. The number of aromatic nitrogens is 1. The van der Waals surface area contributed by atoms with Crippen molar-refractivity contribution in [2.24, 2.45) is 0 Å². The molecule has 0 spiro atoms. The second-order valence-electron chi connectivity index (χ2n) is 2.68. The summed E-state index contributed by atoms with van der Waals surface area (Å²) in [5, 5.41) is 1.05. The second-order valence-corrected chi connectivity index (χ2v) is 3.87. The summed E-state index contributed by atoms with van der Waals surface area (Å²) in [7, 11) is 0. The molecule has 0 bridgehead atoms. The number of pyridine rings is 1. The third-order valence-corrected chi connectivity index (χ3v) is 2.90. The zero-order valence-electron chi connectivity index (χ0n) is 6.69. The van der Waals surface area contributed by atoms with Crippen LogP contribution in [-0.2, 0) is 0 Å². The molecule has 0 aliphatic heterocycles. The van der Waals surface area contributed by atoms with Gasteiger partial charge in [0.25, 0.3) is 0 Å². The van der Waals surface area contributed by atoms with Crippen LogP contribution in [0.1, 0.15) is 0 Å². The predicted octanol–water partition coefficient (Wildman–Crippen LogP) is 4.33. The monoisotopic (exact) mass is 249 g/mol. The maximum absolute atomic E-state index is 13.4. The van der Waals surface area contributed by atoms with Crippen LogP contribution in [0.4, 0.5) is 4.39 Å². The molecule has 72 valence electrons. The Bertz CT molecular complexity index is 466. The van der Waals surface area contributed by atoms with E-state index in [4.69, 9.17) is 34.8 Å². The van der Waals surface area contributed by atoms with Crippen LogP contribution in [0, 0.1) is 5.82 Å². The second kappa shape index (κ2) is 3.54. The van der Waals surface area contributed by atoms with Crippen molar-refractivity contribution in [2.75, 3.05) is 0 Å². The summed E-state index contributed by atoms with van der Waals surface area (Å²) in [5.41, 5.74) is 0.131. The Labute approximate surface area is 94.4 Å². The Morgan fingerprint density at radius 3 is 2.50 bits per heavy atom. The van der Waals surface area contributed by atoms with E-state index < -0.39 is 5.82 Å². The SMILES string of the molecule is Fc1c(Cl)ccc2c(Cl)c(Cl)cnc12. The Hall–Kier alpha value is -0.570. The summed E-state index contributed by atoms with van der Waals surface area (Å²) in [4.78, 5) is 3.83. The number of halogens is 4. The minimum Gasteiger partial charge on any atom is -0.251 e. The highest BCUT2D eigenvalue weighted by Gasteiger charge is 2.11. The third-order valence-electron chi connectivity index (χ3n) is 1.82. The van der Waals surface area contributed by atoms with Crippen molar-refractivity contribution in [3.63, 3.8) is 0 Å². The number of fused-ring (bicyclic) bond motifs is 1. The van der Waals surface area contributed by atoms with E-state index in [-0.39, 0.29) is 15.6 Å². The molecule has 0 saturated heterocycles. The number of hydrogen-bond acceptors (Lipinski definition) is 1. The van der Waals surface area contributed by atoms with Gasteiger partial charge in [0, 0.05) is 11.6 Å². The molecule has 1 nitrogen and oxygen atoms in total. The molecule has 0 atom stereocenters. The Morgan fingerprint density at radius 2 is 1.79 bits per heavy atom. The summed E-state index contributed by atoms with van der Waals surface area (Å²) in [6.07, 6.45) is 1.30. The summed E-state index contributed by atoms with van der Waals surface area (Å²) in [5.74, 6) is -0.581. The molecular formula is C9H3Cl3FN. The van der Waals surface area contributed by atoms with E-state index >= 15 is 0 Å². The molecule has 0 aliphatic rings. The van der Waals surface area contributed by atoms with Crippen LogP contribution in [0.15, 0.2) is 18.3 Å². The first-order valence-corrected chi connectivity index (χ1v) is 4.82. The molecule has 0 aliphatic carbocycles. The van der Waals surface area contributed by atoms with E-state index in [0.29, 0.717) is 10.4 Å². The first-order chi connectivity index (χ1) is 6.61. The van der Waals surface area contributed by atoms with E-state index in [1.165, 1.54) is 12.3 Å². The molecule has 1 aromatic heterocycles. The molecule has 0 N–H and O–H groups in total. The van der Waals surface area contributed by atoms with Crippen LogP contribution in [0.2, 0.25) is 15.1 Å². The Morgan fingerprint density at radius 1 is 1.07 bits per heavy atom. The first-order valence-electron chi connectivity index (χ1n) is 3.69. The van der Waals surface area contributed by atoms with E-state index in [2.05, 4.69) is 4.98 Å². The quantitative estimate of drug-likeness (QED) is 0.678. The molecule has 0 radical (unpaired) electrons. The summed E-state index contributed by atoms with van der Waals surface area (Å²) < 4.78 is 13.4. The molecule has 2 aromatic rings. The lowest BCUT2D eigenvalue weighted by atomic mass is 10.2. The fraction of sp³-hybridized carbons (Fsp3) is 0. The third kappa shape index (κ3) is 1.44. The molecule has 1 aromatic carbocycles. The molecule has 2 rings (SSSR count). The van der Waals surface area contributed by atoms with Crippen molar-refractivity contribution in [1.82, 2.24) is 4.98 Å². The standard InChI is InChI=1S/C9H3Cl3FN/c10-5-2-1-4-7(12)6(11)3-14-9(4)8(5)13/h1-3H. The highest BCUT2D eigenvalue weighted by atomic mass is 35.5. The average molecular weight is 250 g/mol. The lowest BCUT2D eigenvalue weighted by Gasteiger charge is -2.03. The van der Waals surface area contributed by atoms with Gasteiger partial charge in [-0.05, 0) is 12.1 Å². The smallest absolute Gasteiger partial charge is 0.168 e. The van der Waals surface area contributed by atoms with Gasteiger partial charge < -0.3 is 0 Å². The van der Waals surface area contributed by atoms with Gasteiger partial charge >= 0.3 is 0 Å². The number of hydrogen-bond donors (Lipinski definition) is 0. The van der Waals surface area contributed by atoms with Crippen LogP contribution < -0.4 is 0 Å². The zero-order chi connectivity index (χ0) is 10.3. The highest BCUT2D eigenvalue weighted by Crippen LogP contribution is 2.32. The van der Waals surface area contributed by atoms with Crippen molar-refractivity contribution in [2.45, 2.75) is 0 Å². The van der Waals surface area contributed by atoms with Gasteiger partial charge in [0.2, 0.25) is 0 Å². The van der Waals surface area contributed by atoms with Gasteiger partial charge in [0.15, 0.2) is 5.82 Å². The van der Waals surface area contributed by atoms with Crippen LogP contribution >= 0.6 is 34.8 Å². The van der Waals surface area contributed by atoms with E-state index in [1.807, 2.05) is 0 Å². The van der Waals surface area contributed by atoms with Gasteiger partial charge in [-0.3, -0.25) is 4.98 Å². The first kappa shape index (κ1) is 9.97. The van der Waals surface area contributed by atoms with E-state index in [0.717, 1.165) is 0 Å². The molecule has 0 fully saturated rings. The fourth-order valence-electron chi connectivity index (χ4n) is 1.15. The fourth-order valence-corrected chi connectivity index (χ4v) is 1.65. The lowest BCUT2D eigenvalue weighted by molar-refractivity contribution is 0.637. The normalized spacial score (nSPS) is 10.9. The molecule has 14 heavy (non-hydrogen) atoms. The molecule has 0 amide bonds. The topological polar surface area (TPSA) is 12.9 Å². The zero-order valence-corrected chi connectivity index (χ0v) is 8.96. The van der Waals surface area contributed by atoms with Crippen molar-refractivity contribution >= 4 is 45.7 Å². The molecule has 5 heteroatoms. The maximum atomic E-state index is 13.4. The maximum Gasteiger partial charge on any atom is 0.168 e. The minimum absolute atomic E-state index is 0.0170. The summed E-state index contributed by atoms with van der Waals surface area (Å²) >= 11 is 17.2. The molecule has 0 saturated carbocycles. The minimum atomic E-state index is -0.581. The van der Waals surface area contributed by atoms with Crippen LogP contribution in [0.5, 0.6) is 0 Å². The molecule has 1 heterocycles. The van der Waals surface area contributed by atoms with E-state index in [9.17, 15) is 4.39 Å². The van der Waals surface area contributed by atoms with Crippen LogP contribution in [-0.4, -0.2) is 4.98 Å². The Balaban J connectivity index is 2.94. The largest absolute Gasteiger partial charge is 0.251 e. The van der Waals surface area contributed by atoms with Crippen molar-refractivity contribution < 1.29 is 4.39 Å². The highest BCUT2D eigenvalue weighted by molar-refractivity contribution is 6.45. The van der Waals surface area contributed by atoms with Crippen LogP contribution in [0.3, 0.4) is 0 Å². The van der Waals surface area contributed by atoms with Gasteiger partial charge in [-0.1, -0.05) is 34.8 Å². The van der Waals surface area contributed by atoms with Gasteiger partial charge in [-0.15, -0.1) is 0 Å². The van der Waals surface area contributed by atoms with Crippen molar-refractivity contribution in [3.05, 3.63) is 39.2 Å². The van der Waals surface area contributed by atoms with Gasteiger partial charge in [0.1, 0.15) is 5.52 Å². The average Bonchev–Trinajstić information content (AvgIpc) is 2.17.